The summed E-state index contributed by atoms with van der Waals surface area (Å²) < 4.78 is 41.3. The van der Waals surface area contributed by atoms with E-state index < -0.39 is 21.5 Å². The number of urea groups is 1. The number of anilines is 1. The van der Waals surface area contributed by atoms with Crippen molar-refractivity contribution in [1.82, 2.24) is 23.9 Å². The number of imidazole rings is 1. The first kappa shape index (κ1) is 23.8. The lowest BCUT2D eigenvalue weighted by atomic mass is 10.2. The first-order valence-corrected chi connectivity index (χ1v) is 13.1. The molecule has 2 amide bonds. The van der Waals surface area contributed by atoms with Gasteiger partial charge in [-0.1, -0.05) is 0 Å². The number of rotatable bonds is 6. The maximum atomic E-state index is 13.3. The van der Waals surface area contributed by atoms with Crippen LogP contribution in [0.2, 0.25) is 0 Å². The van der Waals surface area contributed by atoms with Crippen LogP contribution in [0.1, 0.15) is 30.3 Å². The second-order valence-corrected chi connectivity index (χ2v) is 11.5. The number of amides is 2. The highest BCUT2D eigenvalue weighted by atomic mass is 32.2. The molecule has 2 saturated heterocycles. The summed E-state index contributed by atoms with van der Waals surface area (Å²) in [5.74, 6) is -0.588. The van der Waals surface area contributed by atoms with Gasteiger partial charge >= 0.3 is 12.0 Å². The van der Waals surface area contributed by atoms with Crippen LogP contribution >= 0.6 is 0 Å². The fraction of sp³-hybridized carbons (Fsp3) is 0.591. The Labute approximate surface area is 203 Å². The van der Waals surface area contributed by atoms with Crippen molar-refractivity contribution in [2.45, 2.75) is 36.3 Å². The van der Waals surface area contributed by atoms with Crippen molar-refractivity contribution < 1.29 is 27.5 Å². The number of carbonyl (C=O) groups is 2. The summed E-state index contributed by atoms with van der Waals surface area (Å²) in [5.41, 5.74) is 0.722. The van der Waals surface area contributed by atoms with E-state index in [1.165, 1.54) is 21.7 Å². The van der Waals surface area contributed by atoms with Crippen molar-refractivity contribution in [2.24, 2.45) is 0 Å². The lowest BCUT2D eigenvalue weighted by Gasteiger charge is -2.37. The first-order chi connectivity index (χ1) is 16.6. The van der Waals surface area contributed by atoms with Crippen LogP contribution in [0.5, 0.6) is 0 Å². The highest BCUT2D eigenvalue weighted by molar-refractivity contribution is 7.89. The van der Waals surface area contributed by atoms with E-state index >= 15 is 0 Å². The van der Waals surface area contributed by atoms with E-state index in [4.69, 9.17) is 9.47 Å². The number of nitrogens with one attached hydrogen (secondary N) is 1. The molecular formula is C22H30N6O6S. The maximum absolute atomic E-state index is 13.3. The van der Waals surface area contributed by atoms with Crippen molar-refractivity contribution in [3.05, 3.63) is 24.2 Å². The molecule has 2 aromatic heterocycles. The van der Waals surface area contributed by atoms with E-state index in [2.05, 4.69) is 9.71 Å². The zero-order chi connectivity index (χ0) is 25.0. The third-order valence-electron chi connectivity index (χ3n) is 6.62. The quantitative estimate of drug-likeness (QED) is 0.563. The number of aromatic nitrogens is 2. The highest BCUT2D eigenvalue weighted by Crippen LogP contribution is 2.36. The molecule has 2 aliphatic heterocycles. The Bertz CT molecular complexity index is 1260. The van der Waals surface area contributed by atoms with Gasteiger partial charge in [-0.25, -0.2) is 27.7 Å². The van der Waals surface area contributed by atoms with Crippen LogP contribution in [-0.4, -0.2) is 105 Å². The molecule has 0 spiro atoms. The van der Waals surface area contributed by atoms with Crippen molar-refractivity contribution >= 4 is 33.4 Å². The van der Waals surface area contributed by atoms with Crippen LogP contribution < -0.4 is 9.62 Å². The molecule has 190 valence electrons. The molecule has 0 bridgehead atoms. The van der Waals surface area contributed by atoms with Gasteiger partial charge in [-0.15, -0.1) is 0 Å². The zero-order valence-corrected chi connectivity index (χ0v) is 20.9. The van der Waals surface area contributed by atoms with Crippen molar-refractivity contribution in [1.29, 1.82) is 0 Å². The first-order valence-electron chi connectivity index (χ1n) is 11.6. The van der Waals surface area contributed by atoms with E-state index in [0.29, 0.717) is 50.7 Å². The summed E-state index contributed by atoms with van der Waals surface area (Å²) in [6, 6.07) is 1.52. The van der Waals surface area contributed by atoms with Gasteiger partial charge in [0, 0.05) is 52.0 Å². The molecule has 1 saturated carbocycles. The molecule has 1 N–H and O–H groups in total. The SMILES string of the molecule is CN(C)C(=O)N1CCN(c2cc(S(=O)(=O)NC3(C)CC3)cn3c(C(=O)OC4COC4)cnc23)CC1. The molecule has 2 aromatic rings. The lowest BCUT2D eigenvalue weighted by Crippen LogP contribution is -2.51. The highest BCUT2D eigenvalue weighted by Gasteiger charge is 2.41. The topological polar surface area (TPSA) is 126 Å². The summed E-state index contributed by atoms with van der Waals surface area (Å²) in [6.45, 7) is 4.50. The molecule has 5 rings (SSSR count). The van der Waals surface area contributed by atoms with E-state index in [1.807, 2.05) is 11.8 Å². The van der Waals surface area contributed by atoms with E-state index in [9.17, 15) is 18.0 Å². The number of pyridine rings is 1. The molecule has 1 aliphatic carbocycles. The summed E-state index contributed by atoms with van der Waals surface area (Å²) >= 11 is 0. The molecule has 0 atom stereocenters. The largest absolute Gasteiger partial charge is 0.453 e. The number of sulfonamides is 1. The molecule has 35 heavy (non-hydrogen) atoms. The van der Waals surface area contributed by atoms with Gasteiger partial charge in [0.2, 0.25) is 10.0 Å². The minimum absolute atomic E-state index is 0.0407. The maximum Gasteiger partial charge on any atom is 0.357 e. The lowest BCUT2D eigenvalue weighted by molar-refractivity contribution is -0.103. The van der Waals surface area contributed by atoms with Crippen molar-refractivity contribution in [3.63, 3.8) is 0 Å². The number of hydrogen-bond donors (Lipinski definition) is 1. The Kier molecular flexibility index (Phi) is 5.88. The van der Waals surface area contributed by atoms with Crippen LogP contribution in [0.25, 0.3) is 5.65 Å². The summed E-state index contributed by atoms with van der Waals surface area (Å²) in [5, 5.41) is 0. The smallest absolute Gasteiger partial charge is 0.357 e. The molecule has 0 unspecified atom stereocenters. The van der Waals surface area contributed by atoms with Crippen LogP contribution in [0.3, 0.4) is 0 Å². The minimum atomic E-state index is -3.85. The van der Waals surface area contributed by atoms with Gasteiger partial charge in [-0.05, 0) is 25.8 Å². The summed E-state index contributed by atoms with van der Waals surface area (Å²) in [4.78, 5) is 34.9. The number of esters is 1. The van der Waals surface area contributed by atoms with E-state index in [-0.39, 0.29) is 22.7 Å². The number of hydrogen-bond acceptors (Lipinski definition) is 8. The average molecular weight is 507 g/mol. The van der Waals surface area contributed by atoms with E-state index in [0.717, 1.165) is 12.8 Å². The van der Waals surface area contributed by atoms with Crippen LogP contribution in [0.15, 0.2) is 23.4 Å². The molecule has 0 aromatic carbocycles. The van der Waals surface area contributed by atoms with Crippen LogP contribution in [0, 0.1) is 0 Å². The van der Waals surface area contributed by atoms with Gasteiger partial charge in [-0.2, -0.15) is 0 Å². The molecular weight excluding hydrogens is 476 g/mol. The zero-order valence-electron chi connectivity index (χ0n) is 20.1. The molecule has 0 radical (unpaired) electrons. The normalized spacial score (nSPS) is 20.0. The van der Waals surface area contributed by atoms with Gasteiger partial charge in [0.25, 0.3) is 0 Å². The summed E-state index contributed by atoms with van der Waals surface area (Å²) in [7, 11) is -0.431. The fourth-order valence-corrected chi connectivity index (χ4v) is 5.65. The van der Waals surface area contributed by atoms with Gasteiger partial charge in [0.05, 0.1) is 25.1 Å². The Morgan fingerprint density at radius 1 is 1.20 bits per heavy atom. The predicted octanol–water partition coefficient (Wildman–Crippen LogP) is 0.524. The summed E-state index contributed by atoms with van der Waals surface area (Å²) in [6.07, 6.45) is 4.04. The van der Waals surface area contributed by atoms with E-state index in [1.54, 1.807) is 25.1 Å². The number of carbonyl (C=O) groups excluding carboxylic acids is 2. The predicted molar refractivity (Wildman–Crippen MR) is 126 cm³/mol. The Morgan fingerprint density at radius 3 is 2.46 bits per heavy atom. The number of fused-ring (bicyclic) bond motifs is 1. The van der Waals surface area contributed by atoms with Crippen LogP contribution in [-0.2, 0) is 19.5 Å². The van der Waals surface area contributed by atoms with Gasteiger partial charge in [0.1, 0.15) is 11.0 Å². The average Bonchev–Trinajstić information content (AvgIpc) is 3.34. The Hall–Kier alpha value is -2.90. The molecule has 12 nitrogen and oxygen atoms in total. The van der Waals surface area contributed by atoms with Gasteiger partial charge < -0.3 is 24.2 Å². The Morgan fingerprint density at radius 2 is 1.89 bits per heavy atom. The number of piperazine rings is 1. The second kappa shape index (κ2) is 8.64. The molecule has 4 heterocycles. The van der Waals surface area contributed by atoms with Gasteiger partial charge in [-0.3, -0.25) is 4.40 Å². The third-order valence-corrected chi connectivity index (χ3v) is 8.22. The standard InChI is InChI=1S/C22H30N6O6S/c1-22(4-5-22)24-35(31,32)16-10-17(26-6-8-27(9-7-26)21(30)25(2)3)19-23-11-18(28(19)12-16)20(29)34-15-13-33-14-15/h10-12,15,24H,4-9,13-14H2,1-3H3. The van der Waals surface area contributed by atoms with Crippen molar-refractivity contribution in [3.8, 4) is 0 Å². The molecule has 3 fully saturated rings. The monoisotopic (exact) mass is 506 g/mol. The second-order valence-electron chi connectivity index (χ2n) is 9.78. The van der Waals surface area contributed by atoms with Gasteiger partial charge in [0.15, 0.2) is 11.3 Å². The van der Waals surface area contributed by atoms with Crippen LogP contribution in [0.4, 0.5) is 10.5 Å². The Balaban J connectivity index is 1.51. The fourth-order valence-electron chi connectivity index (χ4n) is 4.16. The third kappa shape index (κ3) is 4.67. The number of nitrogens with zero attached hydrogens (tertiary/aromatic N) is 5. The minimum Gasteiger partial charge on any atom is -0.453 e. The molecule has 13 heteroatoms. The number of ether oxygens (including phenoxy) is 2. The van der Waals surface area contributed by atoms with Crippen molar-refractivity contribution in [2.75, 3.05) is 58.4 Å². The molecule has 3 aliphatic rings.